The molecule has 0 spiro atoms. The maximum Gasteiger partial charge on any atom is 0.0406 e. The van der Waals surface area contributed by atoms with Crippen molar-refractivity contribution in [2.75, 3.05) is 6.54 Å². The number of hydrogen-bond donors (Lipinski definition) is 2. The molecule has 0 radical (unpaired) electrons. The standard InChI is InChI=1S/C9H13ClN2.2ClH/c10-8-3-1-7(2-4-8)5-9(12)6-11;;/h1-4,9H,5-6,11-12H2;2*1H. The molecule has 1 aromatic carbocycles. The van der Waals surface area contributed by atoms with Gasteiger partial charge in [-0.25, -0.2) is 0 Å². The minimum absolute atomic E-state index is 0. The monoisotopic (exact) mass is 256 g/mol. The van der Waals surface area contributed by atoms with Gasteiger partial charge in [-0.2, -0.15) is 0 Å². The Hall–Kier alpha value is 0.01000. The van der Waals surface area contributed by atoms with Crippen LogP contribution in [0.4, 0.5) is 0 Å². The molecule has 0 bridgehead atoms. The van der Waals surface area contributed by atoms with Gasteiger partial charge in [0, 0.05) is 17.6 Å². The molecular weight excluding hydrogens is 242 g/mol. The Labute approximate surface area is 102 Å². The van der Waals surface area contributed by atoms with Gasteiger partial charge < -0.3 is 11.5 Å². The SMILES string of the molecule is Cl.Cl.NCC(N)Cc1ccc(Cl)cc1. The van der Waals surface area contributed by atoms with Crippen LogP contribution in [0.3, 0.4) is 0 Å². The minimum atomic E-state index is 0. The zero-order valence-electron chi connectivity index (χ0n) is 7.65. The molecule has 2 nitrogen and oxygen atoms in total. The molecule has 1 unspecified atom stereocenters. The third kappa shape index (κ3) is 5.68. The molecular formula is C9H15Cl3N2. The average molecular weight is 258 g/mol. The fourth-order valence-electron chi connectivity index (χ4n) is 1.01. The fraction of sp³-hybridized carbons (Fsp3) is 0.333. The van der Waals surface area contributed by atoms with Crippen LogP contribution in [0.25, 0.3) is 0 Å². The zero-order chi connectivity index (χ0) is 8.97. The second-order valence-corrected chi connectivity index (χ2v) is 3.26. The summed E-state index contributed by atoms with van der Waals surface area (Å²) in [7, 11) is 0. The van der Waals surface area contributed by atoms with Crippen LogP contribution in [-0.2, 0) is 6.42 Å². The summed E-state index contributed by atoms with van der Waals surface area (Å²) in [4.78, 5) is 0. The van der Waals surface area contributed by atoms with Gasteiger partial charge in [-0.15, -0.1) is 24.8 Å². The van der Waals surface area contributed by atoms with Gasteiger partial charge in [0.1, 0.15) is 0 Å². The lowest BCUT2D eigenvalue weighted by Gasteiger charge is -2.07. The zero-order valence-corrected chi connectivity index (χ0v) is 10.0. The normalized spacial score (nSPS) is 11.1. The van der Waals surface area contributed by atoms with E-state index in [1.165, 1.54) is 5.56 Å². The molecule has 0 heterocycles. The lowest BCUT2D eigenvalue weighted by atomic mass is 10.1. The third-order valence-electron chi connectivity index (χ3n) is 1.71. The summed E-state index contributed by atoms with van der Waals surface area (Å²) >= 11 is 5.73. The fourth-order valence-corrected chi connectivity index (χ4v) is 1.13. The smallest absolute Gasteiger partial charge is 0.0406 e. The van der Waals surface area contributed by atoms with Gasteiger partial charge in [0.2, 0.25) is 0 Å². The van der Waals surface area contributed by atoms with E-state index >= 15 is 0 Å². The lowest BCUT2D eigenvalue weighted by molar-refractivity contribution is 0.678. The number of rotatable bonds is 3. The topological polar surface area (TPSA) is 52.0 Å². The van der Waals surface area contributed by atoms with Gasteiger partial charge in [-0.05, 0) is 24.1 Å². The second-order valence-electron chi connectivity index (χ2n) is 2.83. The van der Waals surface area contributed by atoms with Crippen LogP contribution in [0.2, 0.25) is 5.02 Å². The molecule has 82 valence electrons. The van der Waals surface area contributed by atoms with Gasteiger partial charge in [-0.1, -0.05) is 23.7 Å². The molecule has 0 aliphatic carbocycles. The maximum absolute atomic E-state index is 5.73. The predicted molar refractivity (Wildman–Crippen MR) is 66.7 cm³/mol. The van der Waals surface area contributed by atoms with Gasteiger partial charge >= 0.3 is 0 Å². The molecule has 0 saturated heterocycles. The summed E-state index contributed by atoms with van der Waals surface area (Å²) in [6.45, 7) is 0.516. The number of benzene rings is 1. The first-order valence-electron chi connectivity index (χ1n) is 3.92. The van der Waals surface area contributed by atoms with E-state index in [0.29, 0.717) is 6.54 Å². The van der Waals surface area contributed by atoms with Crippen molar-refractivity contribution in [2.45, 2.75) is 12.5 Å². The van der Waals surface area contributed by atoms with E-state index in [9.17, 15) is 0 Å². The summed E-state index contributed by atoms with van der Waals surface area (Å²) < 4.78 is 0. The Balaban J connectivity index is 0. The van der Waals surface area contributed by atoms with Gasteiger partial charge in [-0.3, -0.25) is 0 Å². The van der Waals surface area contributed by atoms with Crippen LogP contribution < -0.4 is 11.5 Å². The van der Waals surface area contributed by atoms with E-state index in [1.807, 2.05) is 24.3 Å². The Kier molecular flexibility index (Phi) is 9.78. The highest BCUT2D eigenvalue weighted by molar-refractivity contribution is 6.30. The first-order valence-corrected chi connectivity index (χ1v) is 4.30. The van der Waals surface area contributed by atoms with Crippen LogP contribution in [0.1, 0.15) is 5.56 Å². The number of hydrogen-bond acceptors (Lipinski definition) is 2. The van der Waals surface area contributed by atoms with E-state index < -0.39 is 0 Å². The first kappa shape index (κ1) is 16.4. The van der Waals surface area contributed by atoms with Crippen LogP contribution in [0.15, 0.2) is 24.3 Å². The van der Waals surface area contributed by atoms with Crippen molar-refractivity contribution in [3.63, 3.8) is 0 Å². The Bertz CT molecular complexity index is 238. The van der Waals surface area contributed by atoms with Gasteiger partial charge in [0.25, 0.3) is 0 Å². The Morgan fingerprint density at radius 2 is 1.64 bits per heavy atom. The third-order valence-corrected chi connectivity index (χ3v) is 1.97. The van der Waals surface area contributed by atoms with Crippen molar-refractivity contribution in [1.82, 2.24) is 0 Å². The average Bonchev–Trinajstić information content (AvgIpc) is 2.09. The highest BCUT2D eigenvalue weighted by atomic mass is 35.5. The van der Waals surface area contributed by atoms with Crippen LogP contribution >= 0.6 is 36.4 Å². The summed E-state index contributed by atoms with van der Waals surface area (Å²) in [5.74, 6) is 0. The summed E-state index contributed by atoms with van der Waals surface area (Å²) in [5, 5.41) is 0.750. The quantitative estimate of drug-likeness (QED) is 0.870. The molecule has 0 aliphatic heterocycles. The highest BCUT2D eigenvalue weighted by Gasteiger charge is 2.00. The number of nitrogens with two attached hydrogens (primary N) is 2. The molecule has 0 aliphatic rings. The van der Waals surface area contributed by atoms with Crippen molar-refractivity contribution >= 4 is 36.4 Å². The molecule has 5 heteroatoms. The van der Waals surface area contributed by atoms with Gasteiger partial charge in [0.05, 0.1) is 0 Å². The molecule has 0 aromatic heterocycles. The van der Waals surface area contributed by atoms with E-state index in [1.54, 1.807) is 0 Å². The van der Waals surface area contributed by atoms with Crippen molar-refractivity contribution in [1.29, 1.82) is 0 Å². The molecule has 1 rings (SSSR count). The van der Waals surface area contributed by atoms with E-state index in [4.69, 9.17) is 23.1 Å². The summed E-state index contributed by atoms with van der Waals surface area (Å²) in [6.07, 6.45) is 0.813. The Morgan fingerprint density at radius 3 is 2.07 bits per heavy atom. The molecule has 1 aromatic rings. The first-order chi connectivity index (χ1) is 5.72. The van der Waals surface area contributed by atoms with E-state index in [0.717, 1.165) is 11.4 Å². The van der Waals surface area contributed by atoms with Gasteiger partial charge in [0.15, 0.2) is 0 Å². The molecule has 0 saturated carbocycles. The second kappa shape index (κ2) is 8.33. The molecule has 14 heavy (non-hydrogen) atoms. The van der Waals surface area contributed by atoms with Crippen molar-refractivity contribution < 1.29 is 0 Å². The maximum atomic E-state index is 5.73. The van der Waals surface area contributed by atoms with E-state index in [-0.39, 0.29) is 30.9 Å². The van der Waals surface area contributed by atoms with Crippen molar-refractivity contribution in [3.8, 4) is 0 Å². The van der Waals surface area contributed by atoms with Crippen LogP contribution in [0.5, 0.6) is 0 Å². The van der Waals surface area contributed by atoms with E-state index in [2.05, 4.69) is 0 Å². The van der Waals surface area contributed by atoms with Crippen LogP contribution in [0, 0.1) is 0 Å². The highest BCUT2D eigenvalue weighted by Crippen LogP contribution is 2.10. The molecule has 0 fully saturated rings. The van der Waals surface area contributed by atoms with Crippen molar-refractivity contribution in [2.24, 2.45) is 11.5 Å². The lowest BCUT2D eigenvalue weighted by Crippen LogP contribution is -2.31. The summed E-state index contributed by atoms with van der Waals surface area (Å²) in [5.41, 5.74) is 12.3. The molecule has 4 N–H and O–H groups in total. The minimum Gasteiger partial charge on any atom is -0.329 e. The Morgan fingerprint density at radius 1 is 1.14 bits per heavy atom. The molecule has 0 amide bonds. The van der Waals surface area contributed by atoms with Crippen LogP contribution in [-0.4, -0.2) is 12.6 Å². The van der Waals surface area contributed by atoms with Crippen molar-refractivity contribution in [3.05, 3.63) is 34.9 Å². The summed E-state index contributed by atoms with van der Waals surface area (Å²) in [6, 6.07) is 7.71. The largest absolute Gasteiger partial charge is 0.329 e. The number of halogens is 3. The molecule has 1 atom stereocenters. The predicted octanol–water partition coefficient (Wildman–Crippen LogP) is 2.01.